The van der Waals surface area contributed by atoms with Gasteiger partial charge in [-0.1, -0.05) is 13.3 Å². The van der Waals surface area contributed by atoms with Crippen LogP contribution in [0, 0.1) is 5.92 Å². The van der Waals surface area contributed by atoms with Gasteiger partial charge in [-0.05, 0) is 38.1 Å². The van der Waals surface area contributed by atoms with Crippen molar-refractivity contribution in [2.24, 2.45) is 5.92 Å². The predicted molar refractivity (Wildman–Crippen MR) is 72.2 cm³/mol. The Bertz CT molecular complexity index is 351. The van der Waals surface area contributed by atoms with E-state index in [0.29, 0.717) is 5.92 Å². The van der Waals surface area contributed by atoms with Gasteiger partial charge in [-0.2, -0.15) is 0 Å². The van der Waals surface area contributed by atoms with Crippen LogP contribution in [0.3, 0.4) is 0 Å². The highest BCUT2D eigenvalue weighted by Gasteiger charge is 2.19. The molecule has 2 rings (SSSR count). The molecule has 0 aromatic carbocycles. The maximum atomic E-state index is 9.63. The van der Waals surface area contributed by atoms with E-state index in [2.05, 4.69) is 21.8 Å². The number of imidazole rings is 1. The van der Waals surface area contributed by atoms with Crippen LogP contribution in [0.15, 0.2) is 12.4 Å². The number of aryl methyl sites for hydroxylation is 1. The first-order valence-corrected chi connectivity index (χ1v) is 7.18. The van der Waals surface area contributed by atoms with E-state index >= 15 is 0 Å². The van der Waals surface area contributed by atoms with Gasteiger partial charge < -0.3 is 15.0 Å². The molecular weight excluding hydrogens is 226 g/mol. The number of aliphatic hydroxyl groups is 1. The van der Waals surface area contributed by atoms with E-state index in [-0.39, 0.29) is 6.10 Å². The first kappa shape index (κ1) is 13.6. The summed E-state index contributed by atoms with van der Waals surface area (Å²) < 4.78 is 2.21. The van der Waals surface area contributed by atoms with Gasteiger partial charge in [0.2, 0.25) is 0 Å². The number of hydrogen-bond acceptors (Lipinski definition) is 3. The Balaban J connectivity index is 1.72. The zero-order chi connectivity index (χ0) is 12.8. The van der Waals surface area contributed by atoms with Crippen molar-refractivity contribution < 1.29 is 5.11 Å². The molecule has 0 radical (unpaired) electrons. The van der Waals surface area contributed by atoms with Gasteiger partial charge in [0.25, 0.3) is 0 Å². The van der Waals surface area contributed by atoms with Gasteiger partial charge in [0, 0.05) is 18.9 Å². The van der Waals surface area contributed by atoms with Crippen molar-refractivity contribution in [3.63, 3.8) is 0 Å². The maximum absolute atomic E-state index is 9.63. The number of hydrogen-bond donors (Lipinski definition) is 2. The second kappa shape index (κ2) is 6.90. The van der Waals surface area contributed by atoms with Crippen molar-refractivity contribution >= 4 is 0 Å². The molecule has 102 valence electrons. The Kier molecular flexibility index (Phi) is 5.20. The predicted octanol–water partition coefficient (Wildman–Crippen LogP) is 1.93. The highest BCUT2D eigenvalue weighted by Crippen LogP contribution is 2.23. The first-order valence-electron chi connectivity index (χ1n) is 7.18. The molecular formula is C14H25N3O. The third kappa shape index (κ3) is 3.82. The van der Waals surface area contributed by atoms with Crippen molar-refractivity contribution in [3.05, 3.63) is 18.2 Å². The Hall–Kier alpha value is -0.870. The lowest BCUT2D eigenvalue weighted by Crippen LogP contribution is -2.29. The molecule has 4 heteroatoms. The van der Waals surface area contributed by atoms with Gasteiger partial charge in [-0.15, -0.1) is 0 Å². The lowest BCUT2D eigenvalue weighted by atomic mass is 9.87. The standard InChI is InChI=1S/C14H25N3O/c1-2-7-17-8-6-16-14(17)11-15-10-12-4-3-5-13(18)9-12/h6,8,12-13,15,18H,2-5,7,9-11H2,1H3. The fraction of sp³-hybridized carbons (Fsp3) is 0.786. The lowest BCUT2D eigenvalue weighted by Gasteiger charge is -2.25. The summed E-state index contributed by atoms with van der Waals surface area (Å²) in [7, 11) is 0. The fourth-order valence-electron chi connectivity index (χ4n) is 2.79. The minimum absolute atomic E-state index is 0.0763. The second-order valence-corrected chi connectivity index (χ2v) is 5.35. The van der Waals surface area contributed by atoms with Gasteiger partial charge in [-0.3, -0.25) is 0 Å². The largest absolute Gasteiger partial charge is 0.393 e. The number of nitrogens with one attached hydrogen (secondary N) is 1. The minimum Gasteiger partial charge on any atom is -0.393 e. The molecule has 0 spiro atoms. The Morgan fingerprint density at radius 2 is 2.39 bits per heavy atom. The number of rotatable bonds is 6. The monoisotopic (exact) mass is 251 g/mol. The summed E-state index contributed by atoms with van der Waals surface area (Å²) in [6, 6.07) is 0. The zero-order valence-corrected chi connectivity index (χ0v) is 11.3. The highest BCUT2D eigenvalue weighted by atomic mass is 16.3. The molecule has 2 N–H and O–H groups in total. The van der Waals surface area contributed by atoms with Crippen molar-refractivity contribution in [1.82, 2.24) is 14.9 Å². The van der Waals surface area contributed by atoms with Crippen LogP contribution in [0.1, 0.15) is 44.9 Å². The summed E-state index contributed by atoms with van der Waals surface area (Å²) in [5, 5.41) is 13.1. The number of nitrogens with zero attached hydrogens (tertiary/aromatic N) is 2. The summed E-state index contributed by atoms with van der Waals surface area (Å²) in [5.41, 5.74) is 0. The van der Waals surface area contributed by atoms with Crippen LogP contribution in [0.4, 0.5) is 0 Å². The van der Waals surface area contributed by atoms with Crippen molar-refractivity contribution in [3.8, 4) is 0 Å². The smallest absolute Gasteiger partial charge is 0.122 e. The average Bonchev–Trinajstić information content (AvgIpc) is 2.78. The van der Waals surface area contributed by atoms with E-state index in [1.54, 1.807) is 0 Å². The Morgan fingerprint density at radius 1 is 1.50 bits per heavy atom. The van der Waals surface area contributed by atoms with E-state index in [4.69, 9.17) is 0 Å². The van der Waals surface area contributed by atoms with Crippen LogP contribution in [0.2, 0.25) is 0 Å². The topological polar surface area (TPSA) is 50.1 Å². The fourth-order valence-corrected chi connectivity index (χ4v) is 2.79. The molecule has 2 atom stereocenters. The molecule has 1 saturated carbocycles. The SMILES string of the molecule is CCCn1ccnc1CNCC1CCCC(O)C1. The Labute approximate surface area is 109 Å². The van der Waals surface area contributed by atoms with Crippen LogP contribution in [-0.2, 0) is 13.1 Å². The van der Waals surface area contributed by atoms with Gasteiger partial charge in [-0.25, -0.2) is 4.98 Å². The molecule has 1 aromatic rings. The normalized spacial score (nSPS) is 24.3. The van der Waals surface area contributed by atoms with Gasteiger partial charge in [0.05, 0.1) is 12.6 Å². The molecule has 1 aliphatic rings. The highest BCUT2D eigenvalue weighted by molar-refractivity contribution is 4.92. The van der Waals surface area contributed by atoms with Crippen LogP contribution in [0.5, 0.6) is 0 Å². The minimum atomic E-state index is -0.0763. The third-order valence-electron chi connectivity index (χ3n) is 3.74. The van der Waals surface area contributed by atoms with Gasteiger partial charge in [0.15, 0.2) is 0 Å². The van der Waals surface area contributed by atoms with E-state index < -0.39 is 0 Å². The van der Waals surface area contributed by atoms with Gasteiger partial charge in [0.1, 0.15) is 5.82 Å². The zero-order valence-electron chi connectivity index (χ0n) is 11.3. The molecule has 18 heavy (non-hydrogen) atoms. The van der Waals surface area contributed by atoms with E-state index in [1.807, 2.05) is 12.4 Å². The molecule has 0 amide bonds. The van der Waals surface area contributed by atoms with Crippen LogP contribution in [0.25, 0.3) is 0 Å². The quantitative estimate of drug-likeness (QED) is 0.812. The van der Waals surface area contributed by atoms with Crippen LogP contribution in [-0.4, -0.2) is 27.3 Å². The van der Waals surface area contributed by atoms with Gasteiger partial charge >= 0.3 is 0 Å². The molecule has 2 unspecified atom stereocenters. The molecule has 0 aliphatic heterocycles. The summed E-state index contributed by atoms with van der Waals surface area (Å²) in [6.07, 6.45) is 9.33. The molecule has 0 bridgehead atoms. The Morgan fingerprint density at radius 3 is 3.17 bits per heavy atom. The molecule has 1 fully saturated rings. The molecule has 0 saturated heterocycles. The average molecular weight is 251 g/mol. The van der Waals surface area contributed by atoms with E-state index in [1.165, 1.54) is 6.42 Å². The molecule has 1 heterocycles. The summed E-state index contributed by atoms with van der Waals surface area (Å²) in [4.78, 5) is 4.38. The van der Waals surface area contributed by atoms with Crippen LogP contribution >= 0.6 is 0 Å². The first-order chi connectivity index (χ1) is 8.79. The van der Waals surface area contributed by atoms with Crippen molar-refractivity contribution in [2.45, 2.75) is 58.2 Å². The third-order valence-corrected chi connectivity index (χ3v) is 3.74. The lowest BCUT2D eigenvalue weighted by molar-refractivity contribution is 0.100. The summed E-state index contributed by atoms with van der Waals surface area (Å²) in [6.45, 7) is 5.05. The number of aromatic nitrogens is 2. The molecule has 1 aromatic heterocycles. The van der Waals surface area contributed by atoms with Crippen molar-refractivity contribution in [1.29, 1.82) is 0 Å². The van der Waals surface area contributed by atoms with Crippen LogP contribution < -0.4 is 5.32 Å². The summed E-state index contributed by atoms with van der Waals surface area (Å²) in [5.74, 6) is 1.75. The molecule has 4 nitrogen and oxygen atoms in total. The van der Waals surface area contributed by atoms with E-state index in [9.17, 15) is 5.11 Å². The molecule has 1 aliphatic carbocycles. The second-order valence-electron chi connectivity index (χ2n) is 5.35. The summed E-state index contributed by atoms with van der Waals surface area (Å²) >= 11 is 0. The van der Waals surface area contributed by atoms with E-state index in [0.717, 1.165) is 51.1 Å². The van der Waals surface area contributed by atoms with Crippen molar-refractivity contribution in [2.75, 3.05) is 6.54 Å². The number of aliphatic hydroxyl groups excluding tert-OH is 1. The maximum Gasteiger partial charge on any atom is 0.122 e.